The third-order valence-corrected chi connectivity index (χ3v) is 2.61. The number of anilines is 1. The molecule has 0 radical (unpaired) electrons. The highest BCUT2D eigenvalue weighted by atomic mass is 16.6. The molecule has 0 aromatic carbocycles. The Morgan fingerprint density at radius 2 is 2.18 bits per heavy atom. The van der Waals surface area contributed by atoms with Gasteiger partial charge in [-0.15, -0.1) is 0 Å². The highest BCUT2D eigenvalue weighted by Crippen LogP contribution is 2.27. The lowest BCUT2D eigenvalue weighted by atomic mass is 10.1. The Morgan fingerprint density at radius 1 is 1.59 bits per heavy atom. The first kappa shape index (κ1) is 13.4. The minimum Gasteiger partial charge on any atom is -0.377 e. The maximum Gasteiger partial charge on any atom is 0.333 e. The number of nitro groups is 1. The third kappa shape index (κ3) is 2.94. The lowest BCUT2D eigenvalue weighted by Gasteiger charge is -2.23. The van der Waals surface area contributed by atoms with Crippen LogP contribution in [0.15, 0.2) is 0 Å². The maximum absolute atomic E-state index is 10.9. The molecular formula is C10H18N4O3. The second-order valence-corrected chi connectivity index (χ2v) is 4.48. The molecule has 1 aromatic heterocycles. The van der Waals surface area contributed by atoms with Crippen LogP contribution in [0, 0.1) is 17.0 Å². The molecule has 7 heteroatoms. The molecule has 0 spiro atoms. The Kier molecular flexibility index (Phi) is 3.72. The molecule has 0 amide bonds. The zero-order valence-corrected chi connectivity index (χ0v) is 10.8. The van der Waals surface area contributed by atoms with Crippen molar-refractivity contribution in [1.82, 2.24) is 9.78 Å². The van der Waals surface area contributed by atoms with E-state index < -0.39 is 10.5 Å². The van der Waals surface area contributed by atoms with Crippen LogP contribution in [0.3, 0.4) is 0 Å². The number of aryl methyl sites for hydroxylation is 2. The molecule has 0 bridgehead atoms. The zero-order valence-electron chi connectivity index (χ0n) is 10.8. The highest BCUT2D eigenvalue weighted by molar-refractivity contribution is 5.59. The van der Waals surface area contributed by atoms with Crippen molar-refractivity contribution in [1.29, 1.82) is 0 Å². The Balaban J connectivity index is 2.95. The predicted molar refractivity (Wildman–Crippen MR) is 64.2 cm³/mol. The predicted octanol–water partition coefficient (Wildman–Crippen LogP) is 1.47. The monoisotopic (exact) mass is 242 g/mol. The van der Waals surface area contributed by atoms with Gasteiger partial charge in [0.15, 0.2) is 0 Å². The summed E-state index contributed by atoms with van der Waals surface area (Å²) in [5, 5.41) is 18.0. The van der Waals surface area contributed by atoms with Gasteiger partial charge in [-0.25, -0.2) is 4.68 Å². The van der Waals surface area contributed by atoms with Crippen molar-refractivity contribution in [2.24, 2.45) is 7.05 Å². The number of rotatable bonds is 5. The molecule has 0 saturated carbocycles. The van der Waals surface area contributed by atoms with Crippen LogP contribution in [0.4, 0.5) is 11.5 Å². The van der Waals surface area contributed by atoms with Crippen molar-refractivity contribution < 1.29 is 9.66 Å². The Morgan fingerprint density at radius 3 is 2.65 bits per heavy atom. The topological polar surface area (TPSA) is 82.2 Å². The third-order valence-electron chi connectivity index (χ3n) is 2.61. The molecule has 1 N–H and O–H groups in total. The van der Waals surface area contributed by atoms with Gasteiger partial charge in [0, 0.05) is 20.7 Å². The SMILES string of the molecule is COC(C)(C)CNc1c([N+](=O)[O-])c(C)nn1C. The van der Waals surface area contributed by atoms with E-state index >= 15 is 0 Å². The quantitative estimate of drug-likeness (QED) is 0.624. The summed E-state index contributed by atoms with van der Waals surface area (Å²) in [6, 6.07) is 0. The van der Waals surface area contributed by atoms with Gasteiger partial charge in [-0.1, -0.05) is 0 Å². The summed E-state index contributed by atoms with van der Waals surface area (Å²) in [5.41, 5.74) is 0.0149. The van der Waals surface area contributed by atoms with Gasteiger partial charge in [0.05, 0.1) is 10.5 Å². The highest BCUT2D eigenvalue weighted by Gasteiger charge is 2.25. The molecule has 0 aliphatic carbocycles. The number of nitrogens with one attached hydrogen (secondary N) is 1. The van der Waals surface area contributed by atoms with Crippen molar-refractivity contribution in [2.75, 3.05) is 19.0 Å². The maximum atomic E-state index is 10.9. The second-order valence-electron chi connectivity index (χ2n) is 4.48. The van der Waals surface area contributed by atoms with Crippen LogP contribution in [0.2, 0.25) is 0 Å². The van der Waals surface area contributed by atoms with E-state index in [9.17, 15) is 10.1 Å². The molecule has 0 unspecified atom stereocenters. The fourth-order valence-corrected chi connectivity index (χ4v) is 1.43. The summed E-state index contributed by atoms with van der Waals surface area (Å²) in [6.07, 6.45) is 0. The van der Waals surface area contributed by atoms with Gasteiger partial charge in [-0.05, 0) is 20.8 Å². The fourth-order valence-electron chi connectivity index (χ4n) is 1.43. The van der Waals surface area contributed by atoms with Crippen molar-refractivity contribution in [3.05, 3.63) is 15.8 Å². The van der Waals surface area contributed by atoms with Gasteiger partial charge in [0.25, 0.3) is 0 Å². The van der Waals surface area contributed by atoms with Gasteiger partial charge in [-0.2, -0.15) is 5.10 Å². The van der Waals surface area contributed by atoms with E-state index in [-0.39, 0.29) is 5.69 Å². The van der Waals surface area contributed by atoms with E-state index in [2.05, 4.69) is 10.4 Å². The minimum absolute atomic E-state index is 0.0133. The first-order valence-corrected chi connectivity index (χ1v) is 5.25. The molecule has 1 heterocycles. The van der Waals surface area contributed by atoms with E-state index in [1.54, 1.807) is 21.1 Å². The van der Waals surface area contributed by atoms with Crippen LogP contribution in [-0.2, 0) is 11.8 Å². The van der Waals surface area contributed by atoms with Crippen LogP contribution in [0.5, 0.6) is 0 Å². The lowest BCUT2D eigenvalue weighted by molar-refractivity contribution is -0.384. The molecule has 7 nitrogen and oxygen atoms in total. The van der Waals surface area contributed by atoms with E-state index in [4.69, 9.17) is 4.74 Å². The lowest BCUT2D eigenvalue weighted by Crippen LogP contribution is -2.32. The van der Waals surface area contributed by atoms with Crippen molar-refractivity contribution in [2.45, 2.75) is 26.4 Å². The molecule has 17 heavy (non-hydrogen) atoms. The average Bonchev–Trinajstić information content (AvgIpc) is 2.50. The summed E-state index contributed by atoms with van der Waals surface area (Å²) in [7, 11) is 3.27. The summed E-state index contributed by atoms with van der Waals surface area (Å²) in [6.45, 7) is 5.87. The Bertz CT molecular complexity index is 425. The normalized spacial score (nSPS) is 11.6. The molecule has 0 aliphatic heterocycles. The Hall–Kier alpha value is -1.63. The number of nitrogens with zero attached hydrogens (tertiary/aromatic N) is 3. The van der Waals surface area contributed by atoms with Gasteiger partial charge in [0.2, 0.25) is 5.82 Å². The van der Waals surface area contributed by atoms with Crippen LogP contribution in [0.1, 0.15) is 19.5 Å². The van der Waals surface area contributed by atoms with Gasteiger partial charge in [-0.3, -0.25) is 10.1 Å². The molecule has 0 atom stereocenters. The van der Waals surface area contributed by atoms with Gasteiger partial charge in [0.1, 0.15) is 5.69 Å². The molecule has 0 fully saturated rings. The summed E-state index contributed by atoms with van der Waals surface area (Å²) < 4.78 is 6.72. The summed E-state index contributed by atoms with van der Waals surface area (Å²) >= 11 is 0. The summed E-state index contributed by atoms with van der Waals surface area (Å²) in [5.74, 6) is 0.401. The van der Waals surface area contributed by atoms with Crippen LogP contribution in [0.25, 0.3) is 0 Å². The largest absolute Gasteiger partial charge is 0.377 e. The molecule has 1 rings (SSSR count). The molecular weight excluding hydrogens is 224 g/mol. The minimum atomic E-state index is -0.426. The van der Waals surface area contributed by atoms with Crippen LogP contribution < -0.4 is 5.32 Å². The van der Waals surface area contributed by atoms with Crippen LogP contribution >= 0.6 is 0 Å². The number of aromatic nitrogens is 2. The smallest absolute Gasteiger partial charge is 0.333 e. The average molecular weight is 242 g/mol. The van der Waals surface area contributed by atoms with E-state index in [0.717, 1.165) is 0 Å². The zero-order chi connectivity index (χ0) is 13.2. The Labute approximate surface area is 99.9 Å². The first-order valence-electron chi connectivity index (χ1n) is 5.25. The van der Waals surface area contributed by atoms with Crippen LogP contribution in [-0.4, -0.2) is 34.0 Å². The number of methoxy groups -OCH3 is 1. The van der Waals surface area contributed by atoms with Crippen molar-refractivity contribution in [3.63, 3.8) is 0 Å². The van der Waals surface area contributed by atoms with E-state index in [1.165, 1.54) is 4.68 Å². The van der Waals surface area contributed by atoms with Crippen molar-refractivity contribution >= 4 is 11.5 Å². The fraction of sp³-hybridized carbons (Fsp3) is 0.700. The number of hydrogen-bond donors (Lipinski definition) is 1. The molecule has 0 saturated heterocycles. The summed E-state index contributed by atoms with van der Waals surface area (Å²) in [4.78, 5) is 10.5. The molecule has 1 aromatic rings. The molecule has 96 valence electrons. The number of hydrogen-bond acceptors (Lipinski definition) is 5. The second kappa shape index (κ2) is 4.70. The van der Waals surface area contributed by atoms with Gasteiger partial charge >= 0.3 is 5.69 Å². The number of ether oxygens (including phenoxy) is 1. The van der Waals surface area contributed by atoms with E-state index in [0.29, 0.717) is 18.1 Å². The van der Waals surface area contributed by atoms with Crippen molar-refractivity contribution in [3.8, 4) is 0 Å². The van der Waals surface area contributed by atoms with Gasteiger partial charge < -0.3 is 10.1 Å². The first-order chi connectivity index (χ1) is 7.78. The standard InChI is InChI=1S/C10H18N4O3/c1-7-8(14(15)16)9(13(4)12-7)11-6-10(2,3)17-5/h11H,6H2,1-5H3. The molecule has 0 aliphatic rings. The van der Waals surface area contributed by atoms with E-state index in [1.807, 2.05) is 13.8 Å².